The summed E-state index contributed by atoms with van der Waals surface area (Å²) in [4.78, 5) is 50.1. The number of piperidine rings is 1. The van der Waals surface area contributed by atoms with Gasteiger partial charge in [-0.1, -0.05) is 6.07 Å². The summed E-state index contributed by atoms with van der Waals surface area (Å²) in [7, 11) is 0. The van der Waals surface area contributed by atoms with E-state index in [0.717, 1.165) is 11.4 Å². The molecule has 1 aromatic carbocycles. The Morgan fingerprint density at radius 1 is 1.19 bits per heavy atom. The summed E-state index contributed by atoms with van der Waals surface area (Å²) in [5.74, 6) is -1.88. The zero-order valence-electron chi connectivity index (χ0n) is 14.5. The van der Waals surface area contributed by atoms with Gasteiger partial charge in [0.05, 0.1) is 17.7 Å². The number of hydrogen-bond donors (Lipinski definition) is 2. The van der Waals surface area contributed by atoms with E-state index in [-0.39, 0.29) is 42.4 Å². The molecule has 3 heterocycles. The third kappa shape index (κ3) is 3.19. The van der Waals surface area contributed by atoms with Crippen LogP contribution in [0.4, 0.5) is 0 Å². The number of carbonyl (C=O) groups excluding carboxylic acids is 4. The van der Waals surface area contributed by atoms with Gasteiger partial charge in [0.1, 0.15) is 24.5 Å². The number of nitrogens with zero attached hydrogens (tertiary/aromatic N) is 1. The molecule has 3 aliphatic rings. The number of imide groups is 2. The average Bonchev–Trinajstić information content (AvgIpc) is 2.93. The van der Waals surface area contributed by atoms with Gasteiger partial charge in [-0.2, -0.15) is 0 Å². The molecule has 9 nitrogen and oxygen atoms in total. The van der Waals surface area contributed by atoms with Crippen molar-refractivity contribution in [1.82, 2.24) is 15.5 Å². The monoisotopic (exact) mass is 373 g/mol. The number of ether oxygens (including phenoxy) is 2. The van der Waals surface area contributed by atoms with E-state index in [1.54, 1.807) is 12.1 Å². The van der Waals surface area contributed by atoms with Gasteiger partial charge in [0.15, 0.2) is 0 Å². The minimum atomic E-state index is -0.992. The molecule has 2 atom stereocenters. The van der Waals surface area contributed by atoms with Crippen LogP contribution in [0.3, 0.4) is 0 Å². The second-order valence-electron chi connectivity index (χ2n) is 6.63. The molecule has 2 saturated heterocycles. The fraction of sp³-hybridized carbons (Fsp3) is 0.444. The van der Waals surface area contributed by atoms with E-state index in [0.29, 0.717) is 13.2 Å². The zero-order chi connectivity index (χ0) is 19.0. The molecule has 142 valence electrons. The predicted molar refractivity (Wildman–Crippen MR) is 91.2 cm³/mol. The van der Waals surface area contributed by atoms with Crippen molar-refractivity contribution in [3.05, 3.63) is 29.3 Å². The summed E-state index contributed by atoms with van der Waals surface area (Å²) in [5.41, 5.74) is 0.348. The van der Waals surface area contributed by atoms with Crippen molar-refractivity contribution in [3.8, 4) is 5.75 Å². The van der Waals surface area contributed by atoms with Crippen LogP contribution < -0.4 is 15.4 Å². The summed E-state index contributed by atoms with van der Waals surface area (Å²) < 4.78 is 11.3. The molecule has 0 radical (unpaired) electrons. The number of amides is 4. The maximum Gasteiger partial charge on any atom is 0.266 e. The summed E-state index contributed by atoms with van der Waals surface area (Å²) in [6.07, 6.45) is 0.0562. The van der Waals surface area contributed by atoms with Gasteiger partial charge in [0.25, 0.3) is 11.8 Å². The fourth-order valence-electron chi connectivity index (χ4n) is 3.51. The van der Waals surface area contributed by atoms with Gasteiger partial charge in [-0.3, -0.25) is 29.4 Å². The van der Waals surface area contributed by atoms with Gasteiger partial charge in [-0.15, -0.1) is 0 Å². The maximum atomic E-state index is 12.9. The van der Waals surface area contributed by atoms with Crippen LogP contribution in [0.25, 0.3) is 0 Å². The Kier molecular flexibility index (Phi) is 4.63. The molecular weight excluding hydrogens is 354 g/mol. The number of rotatable bonds is 4. The normalized spacial score (nSPS) is 25.4. The van der Waals surface area contributed by atoms with Crippen molar-refractivity contribution in [2.45, 2.75) is 25.0 Å². The molecule has 0 spiro atoms. The van der Waals surface area contributed by atoms with E-state index in [4.69, 9.17) is 9.47 Å². The molecule has 9 heteroatoms. The molecule has 2 unspecified atom stereocenters. The van der Waals surface area contributed by atoms with Crippen molar-refractivity contribution in [1.29, 1.82) is 0 Å². The van der Waals surface area contributed by atoms with E-state index in [2.05, 4.69) is 10.6 Å². The molecule has 4 rings (SSSR count). The predicted octanol–water partition coefficient (Wildman–Crippen LogP) is -0.545. The topological polar surface area (TPSA) is 114 Å². The standard InChI is InChI=1S/C18H19N3O6/c22-14-5-4-12(16(23)20-14)21-17(24)11-2-1-3-13(15(11)18(21)25)27-9-10-8-19-6-7-26-10/h1-3,10,12,19H,4-9H2,(H,20,22,23). The van der Waals surface area contributed by atoms with E-state index in [1.165, 1.54) is 6.07 Å². The van der Waals surface area contributed by atoms with Gasteiger partial charge in [-0.05, 0) is 18.6 Å². The van der Waals surface area contributed by atoms with Crippen molar-refractivity contribution in [2.24, 2.45) is 0 Å². The molecule has 2 fully saturated rings. The van der Waals surface area contributed by atoms with Crippen molar-refractivity contribution in [3.63, 3.8) is 0 Å². The summed E-state index contributed by atoms with van der Waals surface area (Å²) in [6.45, 7) is 2.25. The molecule has 0 aromatic heterocycles. The minimum Gasteiger partial charge on any atom is -0.490 e. The Balaban J connectivity index is 1.55. The van der Waals surface area contributed by atoms with Gasteiger partial charge in [0.2, 0.25) is 11.8 Å². The second kappa shape index (κ2) is 7.09. The Hall–Kier alpha value is -2.78. The minimum absolute atomic E-state index is 0.0825. The lowest BCUT2D eigenvalue weighted by molar-refractivity contribution is -0.136. The number of benzene rings is 1. The van der Waals surface area contributed by atoms with Crippen LogP contribution in [0.15, 0.2) is 18.2 Å². The number of morpholine rings is 1. The first-order chi connectivity index (χ1) is 13.1. The smallest absolute Gasteiger partial charge is 0.266 e. The van der Waals surface area contributed by atoms with E-state index < -0.39 is 29.7 Å². The number of fused-ring (bicyclic) bond motifs is 1. The lowest BCUT2D eigenvalue weighted by Gasteiger charge is -2.27. The second-order valence-corrected chi connectivity index (χ2v) is 6.63. The lowest BCUT2D eigenvalue weighted by atomic mass is 10.0. The Bertz CT molecular complexity index is 817. The summed E-state index contributed by atoms with van der Waals surface area (Å²) in [6, 6.07) is 3.79. The lowest BCUT2D eigenvalue weighted by Crippen LogP contribution is -2.54. The average molecular weight is 373 g/mol. The van der Waals surface area contributed by atoms with Crippen LogP contribution in [0.5, 0.6) is 5.75 Å². The van der Waals surface area contributed by atoms with Crippen LogP contribution in [0.2, 0.25) is 0 Å². The van der Waals surface area contributed by atoms with Crippen LogP contribution in [-0.2, 0) is 14.3 Å². The Labute approximate surface area is 155 Å². The van der Waals surface area contributed by atoms with Crippen LogP contribution >= 0.6 is 0 Å². The highest BCUT2D eigenvalue weighted by atomic mass is 16.5. The largest absolute Gasteiger partial charge is 0.490 e. The fourth-order valence-corrected chi connectivity index (χ4v) is 3.51. The zero-order valence-corrected chi connectivity index (χ0v) is 14.5. The first-order valence-corrected chi connectivity index (χ1v) is 8.86. The maximum absolute atomic E-state index is 12.9. The Morgan fingerprint density at radius 3 is 2.78 bits per heavy atom. The third-order valence-electron chi connectivity index (χ3n) is 4.86. The van der Waals surface area contributed by atoms with E-state index in [1.807, 2.05) is 0 Å². The molecule has 0 bridgehead atoms. The van der Waals surface area contributed by atoms with E-state index in [9.17, 15) is 19.2 Å². The Morgan fingerprint density at radius 2 is 2.04 bits per heavy atom. The van der Waals surface area contributed by atoms with Gasteiger partial charge in [0, 0.05) is 19.5 Å². The van der Waals surface area contributed by atoms with Crippen LogP contribution in [-0.4, -0.2) is 67.0 Å². The summed E-state index contributed by atoms with van der Waals surface area (Å²) >= 11 is 0. The highest BCUT2D eigenvalue weighted by Gasteiger charge is 2.46. The SMILES string of the molecule is O=C1CCC(N2C(=O)c3cccc(OCC4CNCCO4)c3C2=O)C(=O)N1. The number of carbonyl (C=O) groups is 4. The highest BCUT2D eigenvalue weighted by molar-refractivity contribution is 6.24. The first kappa shape index (κ1) is 17.6. The molecular formula is C18H19N3O6. The van der Waals surface area contributed by atoms with Gasteiger partial charge >= 0.3 is 0 Å². The van der Waals surface area contributed by atoms with E-state index >= 15 is 0 Å². The molecule has 27 heavy (non-hydrogen) atoms. The molecule has 1 aromatic rings. The quantitative estimate of drug-likeness (QED) is 0.681. The van der Waals surface area contributed by atoms with Crippen LogP contribution in [0, 0.1) is 0 Å². The van der Waals surface area contributed by atoms with Crippen molar-refractivity contribution >= 4 is 23.6 Å². The molecule has 3 aliphatic heterocycles. The molecule has 0 saturated carbocycles. The molecule has 4 amide bonds. The third-order valence-corrected chi connectivity index (χ3v) is 4.86. The molecule has 0 aliphatic carbocycles. The van der Waals surface area contributed by atoms with Gasteiger partial charge < -0.3 is 14.8 Å². The van der Waals surface area contributed by atoms with Crippen LogP contribution in [0.1, 0.15) is 33.6 Å². The summed E-state index contributed by atoms with van der Waals surface area (Å²) in [5, 5.41) is 5.37. The number of nitrogens with one attached hydrogen (secondary N) is 2. The highest BCUT2D eigenvalue weighted by Crippen LogP contribution is 2.33. The van der Waals surface area contributed by atoms with Crippen molar-refractivity contribution < 1.29 is 28.7 Å². The molecule has 2 N–H and O–H groups in total. The first-order valence-electron chi connectivity index (χ1n) is 8.86. The van der Waals surface area contributed by atoms with Crippen molar-refractivity contribution in [2.75, 3.05) is 26.3 Å². The number of hydrogen-bond acceptors (Lipinski definition) is 7. The van der Waals surface area contributed by atoms with Gasteiger partial charge in [-0.25, -0.2) is 0 Å².